The van der Waals surface area contributed by atoms with Crippen LogP contribution in [-0.2, 0) is 23.8 Å². The summed E-state index contributed by atoms with van der Waals surface area (Å²) >= 11 is 0. The van der Waals surface area contributed by atoms with Crippen LogP contribution in [0.5, 0.6) is 0 Å². The molecule has 0 aromatic carbocycles. The van der Waals surface area contributed by atoms with Gasteiger partial charge in [0, 0.05) is 6.42 Å². The first-order valence-corrected chi connectivity index (χ1v) is 7.09. The summed E-state index contributed by atoms with van der Waals surface area (Å²) in [5.74, 6) is -0.922. The lowest BCUT2D eigenvalue weighted by atomic mass is 10.2. The third-order valence-electron chi connectivity index (χ3n) is 2.28. The first kappa shape index (κ1) is 20.9. The number of hydrogen-bond donors (Lipinski definition) is 0. The highest BCUT2D eigenvalue weighted by atomic mass is 16.6. The molecule has 0 N–H and O–H groups in total. The van der Waals surface area contributed by atoms with Gasteiger partial charge in [-0.2, -0.15) is 4.90 Å². The summed E-state index contributed by atoms with van der Waals surface area (Å²) in [6, 6.07) is -1.46. The van der Waals surface area contributed by atoms with Gasteiger partial charge in [0.05, 0.1) is 7.11 Å². The number of carbonyl (C=O) groups is 4. The van der Waals surface area contributed by atoms with Gasteiger partial charge in [0.2, 0.25) is 0 Å². The second kappa shape index (κ2) is 7.94. The fraction of sp³-hybridized carbons (Fsp3) is 0.733. The van der Waals surface area contributed by atoms with E-state index in [1.165, 1.54) is 0 Å². The van der Waals surface area contributed by atoms with E-state index in [9.17, 15) is 19.2 Å². The molecule has 0 aromatic rings. The number of nitrogens with zero attached hydrogens (tertiary/aromatic N) is 1. The van der Waals surface area contributed by atoms with Crippen molar-refractivity contribution in [2.45, 2.75) is 65.2 Å². The predicted molar refractivity (Wildman–Crippen MR) is 80.8 cm³/mol. The molecule has 0 saturated heterocycles. The molecule has 0 aliphatic carbocycles. The minimum absolute atomic E-state index is 0.406. The molecule has 8 nitrogen and oxygen atoms in total. The molecule has 1 atom stereocenters. The van der Waals surface area contributed by atoms with Gasteiger partial charge >= 0.3 is 18.2 Å². The maximum absolute atomic E-state index is 12.3. The monoisotopic (exact) mass is 331 g/mol. The highest BCUT2D eigenvalue weighted by Crippen LogP contribution is 2.18. The Labute approximate surface area is 136 Å². The van der Waals surface area contributed by atoms with Gasteiger partial charge in [0.15, 0.2) is 6.04 Å². The van der Waals surface area contributed by atoms with Crippen LogP contribution in [0, 0.1) is 0 Å². The zero-order valence-electron chi connectivity index (χ0n) is 14.7. The van der Waals surface area contributed by atoms with Gasteiger partial charge in [-0.15, -0.1) is 0 Å². The van der Waals surface area contributed by atoms with Gasteiger partial charge in [-0.3, -0.25) is 0 Å². The minimum Gasteiger partial charge on any atom is -0.467 e. The van der Waals surface area contributed by atoms with Gasteiger partial charge in [-0.1, -0.05) is 0 Å². The number of aldehydes is 1. The number of amides is 2. The molecule has 0 aromatic heterocycles. The summed E-state index contributed by atoms with van der Waals surface area (Å²) in [6.45, 7) is 9.61. The van der Waals surface area contributed by atoms with Gasteiger partial charge in [-0.05, 0) is 41.5 Å². The summed E-state index contributed by atoms with van der Waals surface area (Å²) < 4.78 is 14.8. The fourth-order valence-electron chi connectivity index (χ4n) is 1.49. The van der Waals surface area contributed by atoms with Crippen molar-refractivity contribution in [3.63, 3.8) is 0 Å². The van der Waals surface area contributed by atoms with Crippen molar-refractivity contribution in [3.8, 4) is 0 Å². The number of carbonyl (C=O) groups excluding carboxylic acids is 4. The third kappa shape index (κ3) is 7.62. The van der Waals surface area contributed by atoms with Crippen molar-refractivity contribution >= 4 is 24.4 Å². The van der Waals surface area contributed by atoms with Crippen molar-refractivity contribution in [1.29, 1.82) is 0 Å². The lowest BCUT2D eigenvalue weighted by molar-refractivity contribution is -0.147. The zero-order valence-corrected chi connectivity index (χ0v) is 14.7. The van der Waals surface area contributed by atoms with Gasteiger partial charge < -0.3 is 19.0 Å². The molecule has 8 heteroatoms. The summed E-state index contributed by atoms with van der Waals surface area (Å²) in [4.78, 5) is 47.7. The molecule has 2 amide bonds. The number of hydrogen-bond acceptors (Lipinski definition) is 7. The first-order valence-electron chi connectivity index (χ1n) is 7.09. The molecule has 132 valence electrons. The number of esters is 1. The Bertz CT molecular complexity index is 431. The Hall–Kier alpha value is -2.12. The fourth-order valence-corrected chi connectivity index (χ4v) is 1.49. The second-order valence-electron chi connectivity index (χ2n) is 6.77. The van der Waals surface area contributed by atoms with E-state index in [0.717, 1.165) is 7.11 Å². The molecule has 0 fully saturated rings. The Morgan fingerprint density at radius 1 is 0.957 bits per heavy atom. The molecular weight excluding hydrogens is 306 g/mol. The van der Waals surface area contributed by atoms with E-state index in [-0.39, 0.29) is 0 Å². The molecule has 0 radical (unpaired) electrons. The molecule has 0 saturated carbocycles. The van der Waals surface area contributed by atoms with Crippen LogP contribution in [-0.4, -0.2) is 53.7 Å². The van der Waals surface area contributed by atoms with Crippen LogP contribution in [0.1, 0.15) is 48.0 Å². The Balaban J connectivity index is 5.66. The molecular formula is C15H25NO7. The molecule has 0 aliphatic rings. The van der Waals surface area contributed by atoms with E-state index in [1.54, 1.807) is 41.5 Å². The maximum Gasteiger partial charge on any atom is 0.420 e. The average Bonchev–Trinajstić information content (AvgIpc) is 2.32. The summed E-state index contributed by atoms with van der Waals surface area (Å²) in [5.41, 5.74) is -1.81. The largest absolute Gasteiger partial charge is 0.467 e. The summed E-state index contributed by atoms with van der Waals surface area (Å²) in [7, 11) is 1.09. The van der Waals surface area contributed by atoms with Gasteiger partial charge in [0.25, 0.3) is 0 Å². The van der Waals surface area contributed by atoms with Crippen LogP contribution in [0.2, 0.25) is 0 Å². The van der Waals surface area contributed by atoms with Gasteiger partial charge in [0.1, 0.15) is 17.5 Å². The zero-order chi connectivity index (χ0) is 18.4. The van der Waals surface area contributed by atoms with Crippen molar-refractivity contribution in [1.82, 2.24) is 4.90 Å². The standard InChI is InChI=1S/C15H25NO7/c1-14(2,3)22-12(19)16(13(20)23-15(4,5)6)10(8-9-17)11(18)21-7/h9-10H,8H2,1-7H3/t10-/m0/s1. The minimum atomic E-state index is -1.46. The summed E-state index contributed by atoms with van der Waals surface area (Å²) in [5, 5.41) is 0. The smallest absolute Gasteiger partial charge is 0.420 e. The van der Waals surface area contributed by atoms with Crippen LogP contribution >= 0.6 is 0 Å². The SMILES string of the molecule is COC(=O)[C@H](CC=O)N(C(=O)OC(C)(C)C)C(=O)OC(C)(C)C. The maximum atomic E-state index is 12.3. The van der Waals surface area contributed by atoms with Crippen molar-refractivity contribution in [2.24, 2.45) is 0 Å². The van der Waals surface area contributed by atoms with E-state index in [4.69, 9.17) is 9.47 Å². The molecule has 0 spiro atoms. The Morgan fingerprint density at radius 3 is 1.61 bits per heavy atom. The third-order valence-corrected chi connectivity index (χ3v) is 2.28. The van der Waals surface area contributed by atoms with Crippen molar-refractivity contribution < 1.29 is 33.4 Å². The van der Waals surface area contributed by atoms with Gasteiger partial charge in [-0.25, -0.2) is 14.4 Å². The van der Waals surface area contributed by atoms with E-state index in [2.05, 4.69) is 4.74 Å². The van der Waals surface area contributed by atoms with Crippen LogP contribution in [0.25, 0.3) is 0 Å². The van der Waals surface area contributed by atoms with E-state index < -0.39 is 41.8 Å². The number of methoxy groups -OCH3 is 1. The Morgan fingerprint density at radius 2 is 1.35 bits per heavy atom. The van der Waals surface area contributed by atoms with Crippen molar-refractivity contribution in [3.05, 3.63) is 0 Å². The molecule has 23 heavy (non-hydrogen) atoms. The highest BCUT2D eigenvalue weighted by molar-refractivity contribution is 5.95. The normalized spacial score (nSPS) is 12.8. The number of imide groups is 1. The topological polar surface area (TPSA) is 99.2 Å². The number of ether oxygens (including phenoxy) is 3. The quantitative estimate of drug-likeness (QED) is 0.442. The highest BCUT2D eigenvalue weighted by Gasteiger charge is 2.40. The van der Waals surface area contributed by atoms with Crippen molar-refractivity contribution in [2.75, 3.05) is 7.11 Å². The van der Waals surface area contributed by atoms with Crippen LogP contribution in [0.3, 0.4) is 0 Å². The van der Waals surface area contributed by atoms with E-state index in [0.29, 0.717) is 11.2 Å². The lowest BCUT2D eigenvalue weighted by Gasteiger charge is -2.31. The lowest BCUT2D eigenvalue weighted by Crippen LogP contribution is -2.52. The van der Waals surface area contributed by atoms with Crippen LogP contribution in [0.4, 0.5) is 9.59 Å². The molecule has 0 bridgehead atoms. The van der Waals surface area contributed by atoms with E-state index >= 15 is 0 Å². The first-order chi connectivity index (χ1) is 10.3. The van der Waals surface area contributed by atoms with Crippen LogP contribution in [0.15, 0.2) is 0 Å². The average molecular weight is 331 g/mol. The molecule has 0 heterocycles. The van der Waals surface area contributed by atoms with Crippen LogP contribution < -0.4 is 0 Å². The molecule has 0 aliphatic heterocycles. The molecule has 0 unspecified atom stereocenters. The molecule has 0 rings (SSSR count). The number of rotatable bonds is 4. The summed E-state index contributed by atoms with van der Waals surface area (Å²) in [6.07, 6.45) is -2.21. The van der Waals surface area contributed by atoms with E-state index in [1.807, 2.05) is 0 Å². The predicted octanol–water partition coefficient (Wildman–Crippen LogP) is 2.29. The Kier molecular flexibility index (Phi) is 7.21. The second-order valence-corrected chi connectivity index (χ2v) is 6.77.